The number of Topliss-reactive ketones (excluding diaryl/α,β-unsaturated/α-hetero) is 1. The average Bonchev–Trinajstić information content (AvgIpc) is 2.08. The highest BCUT2D eigenvalue weighted by molar-refractivity contribution is 5.79. The lowest BCUT2D eigenvalue weighted by molar-refractivity contribution is -0.143. The molecule has 0 aromatic heterocycles. The lowest BCUT2D eigenvalue weighted by atomic mass is 9.55. The average molecular weight is 196 g/mol. The molecule has 0 aliphatic heterocycles. The summed E-state index contributed by atoms with van der Waals surface area (Å²) in [5, 5.41) is 10.3. The number of rotatable bonds is 0. The third kappa shape index (κ3) is 1.50. The van der Waals surface area contributed by atoms with E-state index >= 15 is 0 Å². The second-order valence-corrected chi connectivity index (χ2v) is 5.66. The second kappa shape index (κ2) is 3.06. The third-order valence-corrected chi connectivity index (χ3v) is 4.43. The van der Waals surface area contributed by atoms with Crippen LogP contribution in [-0.2, 0) is 4.79 Å². The van der Waals surface area contributed by atoms with Gasteiger partial charge < -0.3 is 5.11 Å². The fourth-order valence-corrected chi connectivity index (χ4v) is 3.47. The summed E-state index contributed by atoms with van der Waals surface area (Å²) in [4.78, 5) is 11.4. The molecule has 0 radical (unpaired) electrons. The smallest absolute Gasteiger partial charge is 0.133 e. The van der Waals surface area contributed by atoms with Crippen LogP contribution in [0.3, 0.4) is 0 Å². The Morgan fingerprint density at radius 1 is 1.29 bits per heavy atom. The van der Waals surface area contributed by atoms with Crippen LogP contribution in [0.4, 0.5) is 0 Å². The topological polar surface area (TPSA) is 37.3 Å². The van der Waals surface area contributed by atoms with Crippen molar-refractivity contribution in [2.45, 2.75) is 58.0 Å². The summed E-state index contributed by atoms with van der Waals surface area (Å²) in [5.74, 6) is 0.541. The van der Waals surface area contributed by atoms with Gasteiger partial charge in [-0.1, -0.05) is 13.3 Å². The van der Waals surface area contributed by atoms with Gasteiger partial charge in [0.25, 0.3) is 0 Å². The minimum atomic E-state index is -0.608. The molecule has 0 amide bonds. The molecule has 2 aliphatic rings. The SMILES string of the molecule is C[C@@]12CCC[C@@](C)(O)[C@H]1CC(=O)CC2. The van der Waals surface area contributed by atoms with Gasteiger partial charge in [0.1, 0.15) is 5.78 Å². The van der Waals surface area contributed by atoms with Crippen molar-refractivity contribution in [3.05, 3.63) is 0 Å². The highest BCUT2D eigenvalue weighted by atomic mass is 16.3. The van der Waals surface area contributed by atoms with E-state index in [1.54, 1.807) is 0 Å². The van der Waals surface area contributed by atoms with Crippen molar-refractivity contribution in [2.75, 3.05) is 0 Å². The van der Waals surface area contributed by atoms with Crippen molar-refractivity contribution in [1.29, 1.82) is 0 Å². The van der Waals surface area contributed by atoms with E-state index < -0.39 is 5.60 Å². The van der Waals surface area contributed by atoms with Crippen LogP contribution in [0.5, 0.6) is 0 Å². The largest absolute Gasteiger partial charge is 0.390 e. The number of aliphatic hydroxyl groups is 1. The summed E-state index contributed by atoms with van der Waals surface area (Å²) < 4.78 is 0. The Labute approximate surface area is 85.7 Å². The molecule has 0 saturated heterocycles. The van der Waals surface area contributed by atoms with Crippen LogP contribution in [-0.4, -0.2) is 16.5 Å². The van der Waals surface area contributed by atoms with Crippen LogP contribution in [0.25, 0.3) is 0 Å². The Morgan fingerprint density at radius 3 is 2.71 bits per heavy atom. The number of hydrogen-bond donors (Lipinski definition) is 1. The molecule has 0 bridgehead atoms. The van der Waals surface area contributed by atoms with E-state index in [-0.39, 0.29) is 11.3 Å². The number of ketones is 1. The lowest BCUT2D eigenvalue weighted by Gasteiger charge is -2.51. The summed E-state index contributed by atoms with van der Waals surface area (Å²) in [5.41, 5.74) is -0.390. The van der Waals surface area contributed by atoms with Crippen LogP contribution >= 0.6 is 0 Å². The van der Waals surface area contributed by atoms with Gasteiger partial charge in [-0.05, 0) is 37.5 Å². The van der Waals surface area contributed by atoms with E-state index in [0.29, 0.717) is 12.2 Å². The maximum atomic E-state index is 11.4. The van der Waals surface area contributed by atoms with Crippen LogP contribution < -0.4 is 0 Å². The van der Waals surface area contributed by atoms with Crippen LogP contribution in [0.1, 0.15) is 52.4 Å². The van der Waals surface area contributed by atoms with Gasteiger partial charge in [-0.2, -0.15) is 0 Å². The molecule has 0 aromatic carbocycles. The molecular formula is C12H20O2. The van der Waals surface area contributed by atoms with Crippen molar-refractivity contribution < 1.29 is 9.90 Å². The van der Waals surface area contributed by atoms with Crippen molar-refractivity contribution in [1.82, 2.24) is 0 Å². The standard InChI is InChI=1S/C12H20O2/c1-11-5-3-6-12(2,14)10(11)8-9(13)4-7-11/h10,14H,3-8H2,1-2H3/t10-,11-,12+/m0/s1. The van der Waals surface area contributed by atoms with Crippen molar-refractivity contribution >= 4 is 5.78 Å². The first-order valence-corrected chi connectivity index (χ1v) is 5.68. The summed E-state index contributed by atoms with van der Waals surface area (Å²) in [6, 6.07) is 0. The summed E-state index contributed by atoms with van der Waals surface area (Å²) in [6.45, 7) is 4.16. The zero-order valence-electron chi connectivity index (χ0n) is 9.18. The fourth-order valence-electron chi connectivity index (χ4n) is 3.47. The number of carbonyl (C=O) groups is 1. The molecule has 2 rings (SSSR count). The van der Waals surface area contributed by atoms with E-state index in [0.717, 1.165) is 25.7 Å². The van der Waals surface area contributed by atoms with Gasteiger partial charge in [-0.15, -0.1) is 0 Å². The van der Waals surface area contributed by atoms with E-state index in [1.165, 1.54) is 6.42 Å². The van der Waals surface area contributed by atoms with Gasteiger partial charge in [-0.25, -0.2) is 0 Å². The Kier molecular flexibility index (Phi) is 2.22. The molecule has 0 heterocycles. The highest BCUT2D eigenvalue weighted by Crippen LogP contribution is 2.53. The predicted molar refractivity (Wildman–Crippen MR) is 54.9 cm³/mol. The number of carbonyl (C=O) groups excluding carboxylic acids is 1. The normalized spacial score (nSPS) is 48.8. The summed E-state index contributed by atoms with van der Waals surface area (Å²) >= 11 is 0. The molecule has 1 N–H and O–H groups in total. The van der Waals surface area contributed by atoms with E-state index in [9.17, 15) is 9.90 Å². The molecule has 3 atom stereocenters. The fraction of sp³-hybridized carbons (Fsp3) is 0.917. The first kappa shape index (κ1) is 10.2. The monoisotopic (exact) mass is 196 g/mol. The zero-order chi connectivity index (χ0) is 10.4. The second-order valence-electron chi connectivity index (χ2n) is 5.66. The highest BCUT2D eigenvalue weighted by Gasteiger charge is 2.50. The molecule has 80 valence electrons. The van der Waals surface area contributed by atoms with Gasteiger partial charge in [0.15, 0.2) is 0 Å². The van der Waals surface area contributed by atoms with Gasteiger partial charge in [0, 0.05) is 12.8 Å². The first-order chi connectivity index (χ1) is 6.44. The molecule has 0 aromatic rings. The van der Waals surface area contributed by atoms with Gasteiger partial charge in [-0.3, -0.25) is 4.79 Å². The Morgan fingerprint density at radius 2 is 2.00 bits per heavy atom. The molecule has 2 fully saturated rings. The summed E-state index contributed by atoms with van der Waals surface area (Å²) in [6.07, 6.45) is 5.45. The molecule has 2 aliphatic carbocycles. The Hall–Kier alpha value is -0.370. The van der Waals surface area contributed by atoms with Crippen molar-refractivity contribution in [3.63, 3.8) is 0 Å². The molecule has 14 heavy (non-hydrogen) atoms. The van der Waals surface area contributed by atoms with Gasteiger partial charge >= 0.3 is 0 Å². The third-order valence-electron chi connectivity index (χ3n) is 4.43. The van der Waals surface area contributed by atoms with E-state index in [4.69, 9.17) is 0 Å². The molecular weight excluding hydrogens is 176 g/mol. The Balaban J connectivity index is 2.26. The van der Waals surface area contributed by atoms with Crippen molar-refractivity contribution in [2.24, 2.45) is 11.3 Å². The number of hydrogen-bond acceptors (Lipinski definition) is 2. The quantitative estimate of drug-likeness (QED) is 0.645. The maximum Gasteiger partial charge on any atom is 0.133 e. The van der Waals surface area contributed by atoms with E-state index in [2.05, 4.69) is 6.92 Å². The van der Waals surface area contributed by atoms with Crippen LogP contribution in [0.2, 0.25) is 0 Å². The molecule has 2 heteroatoms. The molecule has 2 saturated carbocycles. The molecule has 2 nitrogen and oxygen atoms in total. The summed E-state index contributed by atoms with van der Waals surface area (Å²) in [7, 11) is 0. The lowest BCUT2D eigenvalue weighted by Crippen LogP contribution is -2.51. The molecule has 0 spiro atoms. The zero-order valence-corrected chi connectivity index (χ0v) is 9.18. The predicted octanol–water partition coefficient (Wildman–Crippen LogP) is 2.30. The molecule has 0 unspecified atom stereocenters. The minimum Gasteiger partial charge on any atom is -0.390 e. The van der Waals surface area contributed by atoms with E-state index in [1.807, 2.05) is 6.92 Å². The maximum absolute atomic E-state index is 11.4. The Bertz CT molecular complexity index is 257. The first-order valence-electron chi connectivity index (χ1n) is 5.68. The van der Waals surface area contributed by atoms with Gasteiger partial charge in [0.2, 0.25) is 0 Å². The van der Waals surface area contributed by atoms with Crippen molar-refractivity contribution in [3.8, 4) is 0 Å². The number of fused-ring (bicyclic) bond motifs is 1. The minimum absolute atomic E-state index is 0.199. The van der Waals surface area contributed by atoms with Crippen LogP contribution in [0.15, 0.2) is 0 Å². The van der Waals surface area contributed by atoms with Gasteiger partial charge in [0.05, 0.1) is 5.60 Å². The van der Waals surface area contributed by atoms with Crippen LogP contribution in [0, 0.1) is 11.3 Å².